The van der Waals surface area contributed by atoms with Crippen molar-refractivity contribution in [3.8, 4) is 0 Å². The predicted octanol–water partition coefficient (Wildman–Crippen LogP) is 0.985. The monoisotopic (exact) mass is 227 g/mol. The molecule has 0 atom stereocenters. The summed E-state index contributed by atoms with van der Waals surface area (Å²) in [7, 11) is 0. The molecule has 10 heavy (non-hydrogen) atoms. The van der Waals surface area contributed by atoms with E-state index in [4.69, 9.17) is 7.10 Å². The van der Waals surface area contributed by atoms with Gasteiger partial charge in [-0.1, -0.05) is 6.42 Å². The second-order valence-corrected chi connectivity index (χ2v) is 1.86. The van der Waals surface area contributed by atoms with Gasteiger partial charge in [-0.2, -0.15) is 35.9 Å². The van der Waals surface area contributed by atoms with Crippen LogP contribution in [0.15, 0.2) is 24.2 Å². The van der Waals surface area contributed by atoms with E-state index in [0.29, 0.717) is 12.6 Å². The third-order valence-electron chi connectivity index (χ3n) is 1.12. The van der Waals surface area contributed by atoms with Crippen LogP contribution < -0.4 is 5.73 Å². The smallest absolute Gasteiger partial charge is 0.331 e. The Balaban J connectivity index is 0.000001000. The molecule has 1 rings (SSSR count). The SMILES string of the molecule is [2H]c1[c-]cccc1CCN.[Pd+2]. The summed E-state index contributed by atoms with van der Waals surface area (Å²) >= 11 is 0. The van der Waals surface area contributed by atoms with Crippen molar-refractivity contribution in [3.63, 3.8) is 0 Å². The minimum Gasteiger partial charge on any atom is -0.331 e. The molecule has 0 heterocycles. The summed E-state index contributed by atoms with van der Waals surface area (Å²) in [6.07, 6.45) is 0.774. The van der Waals surface area contributed by atoms with Crippen LogP contribution in [0.4, 0.5) is 0 Å². The standard InChI is InChI=1S/C8H10N.Pd/c9-7-6-8-4-2-1-3-5-8;/h1-2,4-5H,6-7,9H2;/q-1;+2/i5D;. The summed E-state index contributed by atoms with van der Waals surface area (Å²) in [5.41, 5.74) is 6.31. The average Bonchev–Trinajstić information content (AvgIpc) is 1.94. The molecule has 0 fully saturated rings. The Morgan fingerprint density at radius 2 is 2.50 bits per heavy atom. The van der Waals surface area contributed by atoms with Gasteiger partial charge in [0.15, 0.2) is 0 Å². The third-order valence-corrected chi connectivity index (χ3v) is 1.12. The molecule has 0 aliphatic rings. The van der Waals surface area contributed by atoms with Crippen LogP contribution >= 0.6 is 0 Å². The van der Waals surface area contributed by atoms with Gasteiger partial charge < -0.3 is 5.73 Å². The maximum absolute atomic E-state index is 7.36. The Hall–Kier alpha value is -0.158. The van der Waals surface area contributed by atoms with Crippen LogP contribution in [0.3, 0.4) is 0 Å². The van der Waals surface area contributed by atoms with Crippen molar-refractivity contribution in [2.75, 3.05) is 6.54 Å². The first-order chi connectivity index (χ1) is 4.84. The first-order valence-electron chi connectivity index (χ1n) is 3.51. The number of hydrogen-bond acceptors (Lipinski definition) is 1. The van der Waals surface area contributed by atoms with Gasteiger partial charge in [0.25, 0.3) is 0 Å². The molecule has 0 saturated heterocycles. The first-order valence-corrected chi connectivity index (χ1v) is 3.01. The van der Waals surface area contributed by atoms with Gasteiger partial charge in [-0.3, -0.25) is 0 Å². The molecule has 2 heteroatoms. The van der Waals surface area contributed by atoms with Gasteiger partial charge in [0, 0.05) is 1.37 Å². The van der Waals surface area contributed by atoms with E-state index in [9.17, 15) is 0 Å². The molecule has 0 aromatic heterocycles. The Labute approximate surface area is 76.7 Å². The second kappa shape index (κ2) is 5.61. The van der Waals surface area contributed by atoms with Gasteiger partial charge in [-0.25, -0.2) is 0 Å². The Bertz CT molecular complexity index is 215. The molecule has 1 aromatic rings. The minimum absolute atomic E-state index is 0. The van der Waals surface area contributed by atoms with Crippen LogP contribution in [0, 0.1) is 6.07 Å². The molecular formula is C8H10NPd+. The van der Waals surface area contributed by atoms with Crippen molar-refractivity contribution in [3.05, 3.63) is 35.9 Å². The molecule has 0 aliphatic heterocycles. The van der Waals surface area contributed by atoms with E-state index in [-0.39, 0.29) is 20.4 Å². The first kappa shape index (κ1) is 7.94. The Morgan fingerprint density at radius 1 is 1.70 bits per heavy atom. The second-order valence-electron chi connectivity index (χ2n) is 1.86. The predicted molar refractivity (Wildman–Crippen MR) is 38.0 cm³/mol. The van der Waals surface area contributed by atoms with E-state index in [1.54, 1.807) is 6.07 Å². The van der Waals surface area contributed by atoms with Crippen LogP contribution in [0.5, 0.6) is 0 Å². The van der Waals surface area contributed by atoms with Gasteiger partial charge in [-0.05, 0) is 6.54 Å². The number of benzene rings is 1. The van der Waals surface area contributed by atoms with Crippen LogP contribution in [0.1, 0.15) is 6.93 Å². The zero-order valence-corrected chi connectivity index (χ0v) is 7.09. The number of nitrogens with two attached hydrogens (primary N) is 1. The van der Waals surface area contributed by atoms with Crippen LogP contribution in [-0.2, 0) is 26.8 Å². The van der Waals surface area contributed by atoms with Crippen LogP contribution in [-0.4, -0.2) is 6.54 Å². The van der Waals surface area contributed by atoms with E-state index >= 15 is 0 Å². The summed E-state index contributed by atoms with van der Waals surface area (Å²) in [4.78, 5) is 0. The fourth-order valence-corrected chi connectivity index (χ4v) is 0.690. The molecule has 0 saturated carbocycles. The van der Waals surface area contributed by atoms with Crippen molar-refractivity contribution in [2.24, 2.45) is 5.73 Å². The van der Waals surface area contributed by atoms with Crippen molar-refractivity contribution < 1.29 is 21.8 Å². The minimum atomic E-state index is 0. The van der Waals surface area contributed by atoms with Gasteiger partial charge in [0.05, 0.1) is 0 Å². The molecule has 0 spiro atoms. The van der Waals surface area contributed by atoms with E-state index in [2.05, 4.69) is 6.07 Å². The molecule has 2 N–H and O–H groups in total. The van der Waals surface area contributed by atoms with Crippen LogP contribution in [0.2, 0.25) is 0 Å². The van der Waals surface area contributed by atoms with Gasteiger partial charge in [0.1, 0.15) is 0 Å². The topological polar surface area (TPSA) is 26.0 Å². The quantitative estimate of drug-likeness (QED) is 0.592. The average molecular weight is 228 g/mol. The molecule has 1 nitrogen and oxygen atoms in total. The van der Waals surface area contributed by atoms with Gasteiger partial charge >= 0.3 is 20.4 Å². The molecule has 0 aliphatic carbocycles. The normalized spacial score (nSPS) is 9.90. The maximum atomic E-state index is 7.36. The van der Waals surface area contributed by atoms with Gasteiger partial charge in [-0.15, -0.1) is 0 Å². The summed E-state index contributed by atoms with van der Waals surface area (Å²) in [5.74, 6) is 0. The zero-order valence-electron chi connectivity index (χ0n) is 6.54. The molecular weight excluding hydrogens is 217 g/mol. The van der Waals surface area contributed by atoms with E-state index in [1.807, 2.05) is 12.1 Å². The Morgan fingerprint density at radius 3 is 3.10 bits per heavy atom. The number of rotatable bonds is 2. The molecule has 0 radical (unpaired) electrons. The van der Waals surface area contributed by atoms with Crippen molar-refractivity contribution >= 4 is 0 Å². The fourth-order valence-electron chi connectivity index (χ4n) is 0.690. The van der Waals surface area contributed by atoms with Crippen molar-refractivity contribution in [1.29, 1.82) is 0 Å². The van der Waals surface area contributed by atoms with Crippen LogP contribution in [0.25, 0.3) is 0 Å². The molecule has 0 bridgehead atoms. The van der Waals surface area contributed by atoms with Gasteiger partial charge in [0.2, 0.25) is 0 Å². The van der Waals surface area contributed by atoms with E-state index in [1.165, 1.54) is 0 Å². The van der Waals surface area contributed by atoms with E-state index in [0.717, 1.165) is 12.0 Å². The third kappa shape index (κ3) is 3.12. The summed E-state index contributed by atoms with van der Waals surface area (Å²) in [5, 5.41) is 0. The Kier molecular flexibility index (Phi) is 4.46. The summed E-state index contributed by atoms with van der Waals surface area (Å²) < 4.78 is 7.36. The molecule has 56 valence electrons. The number of hydrogen-bond donors (Lipinski definition) is 1. The fraction of sp³-hybridized carbons (Fsp3) is 0.250. The summed E-state index contributed by atoms with van der Waals surface area (Å²) in [6, 6.07) is 8.79. The molecule has 1 aromatic carbocycles. The molecule has 0 amide bonds. The van der Waals surface area contributed by atoms with Crippen molar-refractivity contribution in [1.82, 2.24) is 0 Å². The molecule has 0 unspecified atom stereocenters. The largest absolute Gasteiger partial charge is 2.00 e. The summed E-state index contributed by atoms with van der Waals surface area (Å²) in [6.45, 7) is 0.601. The van der Waals surface area contributed by atoms with Crippen molar-refractivity contribution in [2.45, 2.75) is 6.42 Å². The zero-order chi connectivity index (χ0) is 7.40. The maximum Gasteiger partial charge on any atom is 2.00 e. The van der Waals surface area contributed by atoms with E-state index < -0.39 is 0 Å².